The van der Waals surface area contributed by atoms with Crippen molar-refractivity contribution in [3.63, 3.8) is 0 Å². The third-order valence-electron chi connectivity index (χ3n) is 3.05. The van der Waals surface area contributed by atoms with E-state index in [2.05, 4.69) is 34.5 Å². The molecular formula is C13H22N4. The topological polar surface area (TPSA) is 40.2 Å². The van der Waals surface area contributed by atoms with Gasteiger partial charge >= 0.3 is 0 Å². The fraction of sp³-hybridized carbons (Fsp3) is 0.615. The molecule has 0 unspecified atom stereocenters. The van der Waals surface area contributed by atoms with E-state index in [0.29, 0.717) is 0 Å². The number of likely N-dealkylation sites (N-methyl/N-ethyl adjacent to an activating group) is 1. The van der Waals surface area contributed by atoms with Crippen molar-refractivity contribution in [1.29, 1.82) is 0 Å². The van der Waals surface area contributed by atoms with Crippen molar-refractivity contribution < 1.29 is 0 Å². The van der Waals surface area contributed by atoms with Crippen molar-refractivity contribution in [2.75, 3.05) is 37.3 Å². The zero-order chi connectivity index (χ0) is 12.1. The number of nitrogens with one attached hydrogen (secondary N) is 2. The van der Waals surface area contributed by atoms with E-state index >= 15 is 0 Å². The van der Waals surface area contributed by atoms with Crippen LogP contribution in [0, 0.1) is 0 Å². The Morgan fingerprint density at radius 3 is 2.65 bits per heavy atom. The lowest BCUT2D eigenvalue weighted by molar-refractivity contribution is 0.337. The van der Waals surface area contributed by atoms with Gasteiger partial charge in [0.1, 0.15) is 11.6 Å². The molecule has 1 heterocycles. The number of aromatic nitrogens is 1. The SMILES string of the molecule is CCNc1cccc(NCCN(C)C2CC2)n1. The quantitative estimate of drug-likeness (QED) is 0.757. The van der Waals surface area contributed by atoms with Gasteiger partial charge < -0.3 is 15.5 Å². The summed E-state index contributed by atoms with van der Waals surface area (Å²) in [5, 5.41) is 6.58. The smallest absolute Gasteiger partial charge is 0.128 e. The van der Waals surface area contributed by atoms with Gasteiger partial charge in [-0.1, -0.05) is 6.07 Å². The average Bonchev–Trinajstić information content (AvgIpc) is 3.14. The Kier molecular flexibility index (Phi) is 4.20. The molecule has 1 aromatic heterocycles. The van der Waals surface area contributed by atoms with Crippen molar-refractivity contribution in [1.82, 2.24) is 9.88 Å². The van der Waals surface area contributed by atoms with Gasteiger partial charge in [0.2, 0.25) is 0 Å². The third kappa shape index (κ3) is 3.89. The highest BCUT2D eigenvalue weighted by Crippen LogP contribution is 2.24. The Balaban J connectivity index is 1.75. The average molecular weight is 234 g/mol. The fourth-order valence-electron chi connectivity index (χ4n) is 1.87. The van der Waals surface area contributed by atoms with Crippen LogP contribution in [0.25, 0.3) is 0 Å². The summed E-state index contributed by atoms with van der Waals surface area (Å²) in [4.78, 5) is 6.90. The van der Waals surface area contributed by atoms with Crippen molar-refractivity contribution in [3.8, 4) is 0 Å². The standard InChI is InChI=1S/C13H22N4/c1-3-14-12-5-4-6-13(16-12)15-9-10-17(2)11-7-8-11/h4-6,11H,3,7-10H2,1-2H3,(H2,14,15,16). The molecule has 1 aromatic rings. The second-order valence-electron chi connectivity index (χ2n) is 4.58. The van der Waals surface area contributed by atoms with Gasteiger partial charge in [0, 0.05) is 25.7 Å². The number of hydrogen-bond donors (Lipinski definition) is 2. The van der Waals surface area contributed by atoms with Crippen LogP contribution in [0.15, 0.2) is 18.2 Å². The Hall–Kier alpha value is -1.29. The van der Waals surface area contributed by atoms with Gasteiger partial charge in [0.05, 0.1) is 0 Å². The van der Waals surface area contributed by atoms with E-state index in [4.69, 9.17) is 0 Å². The molecule has 1 aliphatic carbocycles. The number of hydrogen-bond acceptors (Lipinski definition) is 4. The van der Waals surface area contributed by atoms with Crippen LogP contribution in [0.4, 0.5) is 11.6 Å². The molecule has 0 atom stereocenters. The van der Waals surface area contributed by atoms with Crippen LogP contribution in [-0.2, 0) is 0 Å². The second-order valence-corrected chi connectivity index (χ2v) is 4.58. The first-order valence-electron chi connectivity index (χ1n) is 6.44. The van der Waals surface area contributed by atoms with E-state index in [1.54, 1.807) is 0 Å². The normalized spacial score (nSPS) is 15.0. The molecule has 1 saturated carbocycles. The first-order chi connectivity index (χ1) is 8.29. The van der Waals surface area contributed by atoms with Gasteiger partial charge in [-0.2, -0.15) is 0 Å². The highest BCUT2D eigenvalue weighted by Gasteiger charge is 2.25. The molecule has 1 fully saturated rings. The molecule has 0 bridgehead atoms. The summed E-state index contributed by atoms with van der Waals surface area (Å²) in [5.74, 6) is 1.89. The summed E-state index contributed by atoms with van der Waals surface area (Å²) < 4.78 is 0. The molecule has 0 aromatic carbocycles. The summed E-state index contributed by atoms with van der Waals surface area (Å²) in [7, 11) is 2.20. The Labute approximate surface area is 103 Å². The largest absolute Gasteiger partial charge is 0.370 e. The minimum atomic E-state index is 0.831. The molecule has 4 heteroatoms. The maximum atomic E-state index is 4.48. The van der Waals surface area contributed by atoms with E-state index in [1.807, 2.05) is 18.2 Å². The molecule has 2 rings (SSSR count). The highest BCUT2D eigenvalue weighted by atomic mass is 15.2. The molecule has 2 N–H and O–H groups in total. The van der Waals surface area contributed by atoms with Gasteiger partial charge in [-0.25, -0.2) is 4.98 Å². The van der Waals surface area contributed by atoms with Crippen molar-refractivity contribution >= 4 is 11.6 Å². The predicted molar refractivity (Wildman–Crippen MR) is 72.5 cm³/mol. The van der Waals surface area contributed by atoms with E-state index in [1.165, 1.54) is 12.8 Å². The summed E-state index contributed by atoms with van der Waals surface area (Å²) in [6.45, 7) is 5.01. The van der Waals surface area contributed by atoms with Crippen LogP contribution in [-0.4, -0.2) is 42.6 Å². The molecule has 1 aliphatic rings. The number of rotatable bonds is 7. The minimum Gasteiger partial charge on any atom is -0.370 e. The first kappa shape index (κ1) is 12.2. The van der Waals surface area contributed by atoms with Crippen LogP contribution in [0.3, 0.4) is 0 Å². The van der Waals surface area contributed by atoms with Gasteiger partial charge in [0.25, 0.3) is 0 Å². The molecule has 0 saturated heterocycles. The molecule has 0 radical (unpaired) electrons. The Morgan fingerprint density at radius 1 is 1.29 bits per heavy atom. The number of nitrogens with zero attached hydrogens (tertiary/aromatic N) is 2. The Morgan fingerprint density at radius 2 is 2.00 bits per heavy atom. The summed E-state index contributed by atoms with van der Waals surface area (Å²) >= 11 is 0. The van der Waals surface area contributed by atoms with Crippen molar-refractivity contribution in [2.45, 2.75) is 25.8 Å². The van der Waals surface area contributed by atoms with Crippen LogP contribution < -0.4 is 10.6 Å². The molecule has 0 spiro atoms. The molecule has 0 aliphatic heterocycles. The second kappa shape index (κ2) is 5.87. The van der Waals surface area contributed by atoms with E-state index in [0.717, 1.165) is 37.3 Å². The lowest BCUT2D eigenvalue weighted by Crippen LogP contribution is -2.27. The zero-order valence-corrected chi connectivity index (χ0v) is 10.7. The first-order valence-corrected chi connectivity index (χ1v) is 6.44. The van der Waals surface area contributed by atoms with Gasteiger partial charge in [-0.3, -0.25) is 0 Å². The summed E-state index contributed by atoms with van der Waals surface area (Å²) in [6, 6.07) is 6.86. The third-order valence-corrected chi connectivity index (χ3v) is 3.05. The zero-order valence-electron chi connectivity index (χ0n) is 10.7. The monoisotopic (exact) mass is 234 g/mol. The molecular weight excluding hydrogens is 212 g/mol. The Bertz CT molecular complexity index is 349. The van der Waals surface area contributed by atoms with Gasteiger partial charge in [-0.05, 0) is 38.9 Å². The van der Waals surface area contributed by atoms with Crippen LogP contribution in [0.5, 0.6) is 0 Å². The van der Waals surface area contributed by atoms with Crippen molar-refractivity contribution in [2.24, 2.45) is 0 Å². The lowest BCUT2D eigenvalue weighted by atomic mass is 10.4. The van der Waals surface area contributed by atoms with Crippen LogP contribution in [0.1, 0.15) is 19.8 Å². The number of anilines is 2. The predicted octanol–water partition coefficient (Wildman–Crippen LogP) is 2.02. The highest BCUT2D eigenvalue weighted by molar-refractivity contribution is 5.44. The summed E-state index contributed by atoms with van der Waals surface area (Å²) in [5.41, 5.74) is 0. The fourth-order valence-corrected chi connectivity index (χ4v) is 1.87. The van der Waals surface area contributed by atoms with E-state index in [9.17, 15) is 0 Å². The number of pyridine rings is 1. The van der Waals surface area contributed by atoms with Crippen LogP contribution >= 0.6 is 0 Å². The van der Waals surface area contributed by atoms with Crippen molar-refractivity contribution in [3.05, 3.63) is 18.2 Å². The van der Waals surface area contributed by atoms with E-state index < -0.39 is 0 Å². The summed E-state index contributed by atoms with van der Waals surface area (Å²) in [6.07, 6.45) is 2.73. The van der Waals surface area contributed by atoms with E-state index in [-0.39, 0.29) is 0 Å². The van der Waals surface area contributed by atoms with Gasteiger partial charge in [0.15, 0.2) is 0 Å². The van der Waals surface area contributed by atoms with Crippen LogP contribution in [0.2, 0.25) is 0 Å². The minimum absolute atomic E-state index is 0.831. The molecule has 0 amide bonds. The molecule has 94 valence electrons. The van der Waals surface area contributed by atoms with Gasteiger partial charge in [-0.15, -0.1) is 0 Å². The maximum Gasteiger partial charge on any atom is 0.128 e. The maximum absolute atomic E-state index is 4.48. The molecule has 17 heavy (non-hydrogen) atoms. The molecule has 4 nitrogen and oxygen atoms in total. The lowest BCUT2D eigenvalue weighted by Gasteiger charge is -2.16.